The molecule has 2 heterocycles. The van der Waals surface area contributed by atoms with E-state index in [9.17, 15) is 4.79 Å². The average molecular weight is 428 g/mol. The van der Waals surface area contributed by atoms with Crippen LogP contribution in [0.5, 0.6) is 5.88 Å². The van der Waals surface area contributed by atoms with Gasteiger partial charge in [0.1, 0.15) is 0 Å². The Balaban J connectivity index is 1.52. The minimum absolute atomic E-state index is 0.208. The molecule has 0 bridgehead atoms. The maximum Gasteiger partial charge on any atom is 0.272 e. The number of halogens is 1. The first kappa shape index (κ1) is 17.7. The molecule has 0 atom stereocenters. The third-order valence-electron chi connectivity index (χ3n) is 4.43. The van der Waals surface area contributed by atoms with Gasteiger partial charge in [0.15, 0.2) is 11.5 Å². The zero-order valence-corrected chi connectivity index (χ0v) is 16.3. The number of nitrogens with zero attached hydrogens (tertiary/aromatic N) is 4. The first-order valence-corrected chi connectivity index (χ1v) is 9.48. The standard InChI is InChI=1S/C19H18BrN5O2/c1-2-27-17-12-21-11-16(22-17)25-9-6-15(24-25)18(26)23-19(7-8-19)13-4-3-5-14(20)10-13/h3-6,9-12H,2,7-8H2,1H3,(H,23,26). The first-order chi connectivity index (χ1) is 13.1. The van der Waals surface area contributed by atoms with Crippen molar-refractivity contribution >= 4 is 21.8 Å². The lowest BCUT2D eigenvalue weighted by Gasteiger charge is -2.17. The minimum Gasteiger partial charge on any atom is -0.477 e. The van der Waals surface area contributed by atoms with Crippen LogP contribution in [0.15, 0.2) is 53.4 Å². The van der Waals surface area contributed by atoms with E-state index in [-0.39, 0.29) is 11.4 Å². The molecule has 138 valence electrons. The number of aromatic nitrogens is 4. The molecule has 0 radical (unpaired) electrons. The highest BCUT2D eigenvalue weighted by molar-refractivity contribution is 9.10. The summed E-state index contributed by atoms with van der Waals surface area (Å²) >= 11 is 3.49. The fourth-order valence-electron chi connectivity index (χ4n) is 2.92. The number of nitrogens with one attached hydrogen (secondary N) is 1. The Kier molecular flexibility index (Phi) is 4.65. The van der Waals surface area contributed by atoms with Gasteiger partial charge in [0.2, 0.25) is 5.88 Å². The molecule has 4 rings (SSSR count). The SMILES string of the molecule is CCOc1cncc(-n2ccc(C(=O)NC3(c4cccc(Br)c4)CC3)n2)n1. The van der Waals surface area contributed by atoms with Gasteiger partial charge < -0.3 is 10.1 Å². The topological polar surface area (TPSA) is 81.9 Å². The first-order valence-electron chi connectivity index (χ1n) is 8.69. The van der Waals surface area contributed by atoms with Gasteiger partial charge in [-0.15, -0.1) is 0 Å². The molecule has 3 aromatic rings. The smallest absolute Gasteiger partial charge is 0.272 e. The molecule has 1 saturated carbocycles. The third kappa shape index (κ3) is 3.71. The number of carbonyl (C=O) groups excluding carboxylic acids is 1. The predicted octanol–water partition coefficient (Wildman–Crippen LogP) is 3.24. The Morgan fingerprint density at radius 3 is 2.93 bits per heavy atom. The summed E-state index contributed by atoms with van der Waals surface area (Å²) in [7, 11) is 0. The van der Waals surface area contributed by atoms with Gasteiger partial charge in [-0.25, -0.2) is 4.68 Å². The molecular weight excluding hydrogens is 410 g/mol. The van der Waals surface area contributed by atoms with E-state index < -0.39 is 0 Å². The Hall–Kier alpha value is -2.74. The third-order valence-corrected chi connectivity index (χ3v) is 4.92. The van der Waals surface area contributed by atoms with Gasteiger partial charge in [-0.05, 0) is 43.5 Å². The zero-order valence-electron chi connectivity index (χ0n) is 14.7. The monoisotopic (exact) mass is 427 g/mol. The second-order valence-corrected chi connectivity index (χ2v) is 7.26. The Morgan fingerprint density at radius 2 is 2.19 bits per heavy atom. The molecule has 1 N–H and O–H groups in total. The molecule has 1 aliphatic carbocycles. The molecule has 1 aromatic carbocycles. The lowest BCUT2D eigenvalue weighted by atomic mass is 10.0. The van der Waals surface area contributed by atoms with Gasteiger partial charge in [0.25, 0.3) is 5.91 Å². The summed E-state index contributed by atoms with van der Waals surface area (Å²) in [5, 5.41) is 7.47. The van der Waals surface area contributed by atoms with Crippen molar-refractivity contribution in [2.45, 2.75) is 25.3 Å². The maximum atomic E-state index is 12.7. The second-order valence-electron chi connectivity index (χ2n) is 6.34. The van der Waals surface area contributed by atoms with E-state index in [1.807, 2.05) is 31.2 Å². The highest BCUT2D eigenvalue weighted by atomic mass is 79.9. The normalized spacial score (nSPS) is 14.6. The van der Waals surface area contributed by atoms with Crippen LogP contribution in [-0.2, 0) is 5.54 Å². The molecule has 1 amide bonds. The number of rotatable bonds is 6. The number of hydrogen-bond acceptors (Lipinski definition) is 5. The van der Waals surface area contributed by atoms with Crippen LogP contribution in [0.3, 0.4) is 0 Å². The van der Waals surface area contributed by atoms with E-state index in [1.54, 1.807) is 24.7 Å². The molecule has 8 heteroatoms. The van der Waals surface area contributed by atoms with Gasteiger partial charge in [-0.3, -0.25) is 9.78 Å². The van der Waals surface area contributed by atoms with Crippen molar-refractivity contribution in [3.05, 3.63) is 64.7 Å². The summed E-state index contributed by atoms with van der Waals surface area (Å²) in [5.74, 6) is 0.705. The van der Waals surface area contributed by atoms with E-state index in [0.29, 0.717) is 24.0 Å². The number of carbonyl (C=O) groups is 1. The lowest BCUT2D eigenvalue weighted by molar-refractivity contribution is 0.0925. The van der Waals surface area contributed by atoms with Crippen molar-refractivity contribution in [3.8, 4) is 11.7 Å². The summed E-state index contributed by atoms with van der Waals surface area (Å²) in [6, 6.07) is 9.69. The quantitative estimate of drug-likeness (QED) is 0.652. The van der Waals surface area contributed by atoms with Gasteiger partial charge in [-0.2, -0.15) is 10.1 Å². The van der Waals surface area contributed by atoms with E-state index in [2.05, 4.69) is 36.3 Å². The van der Waals surface area contributed by atoms with Crippen LogP contribution in [0.2, 0.25) is 0 Å². The summed E-state index contributed by atoms with van der Waals surface area (Å²) in [6.07, 6.45) is 6.63. The largest absolute Gasteiger partial charge is 0.477 e. The van der Waals surface area contributed by atoms with Gasteiger partial charge >= 0.3 is 0 Å². The Morgan fingerprint density at radius 1 is 1.33 bits per heavy atom. The summed E-state index contributed by atoms with van der Waals surface area (Å²) in [5.41, 5.74) is 1.12. The lowest BCUT2D eigenvalue weighted by Crippen LogP contribution is -2.35. The van der Waals surface area contributed by atoms with Gasteiger partial charge in [0, 0.05) is 10.7 Å². The fraction of sp³-hybridized carbons (Fsp3) is 0.263. The molecule has 0 spiro atoms. The second kappa shape index (κ2) is 7.11. The highest BCUT2D eigenvalue weighted by Gasteiger charge is 2.46. The maximum absolute atomic E-state index is 12.7. The van der Waals surface area contributed by atoms with Crippen LogP contribution >= 0.6 is 15.9 Å². The van der Waals surface area contributed by atoms with Gasteiger partial charge in [-0.1, -0.05) is 28.1 Å². The molecular formula is C19H18BrN5O2. The molecule has 1 fully saturated rings. The highest BCUT2D eigenvalue weighted by Crippen LogP contribution is 2.46. The van der Waals surface area contributed by atoms with Crippen LogP contribution < -0.4 is 10.1 Å². The number of hydrogen-bond donors (Lipinski definition) is 1. The predicted molar refractivity (Wildman–Crippen MR) is 103 cm³/mol. The van der Waals surface area contributed by atoms with Crippen LogP contribution in [0.1, 0.15) is 35.8 Å². The fourth-order valence-corrected chi connectivity index (χ4v) is 3.32. The van der Waals surface area contributed by atoms with Crippen molar-refractivity contribution in [3.63, 3.8) is 0 Å². The number of benzene rings is 1. The molecule has 2 aromatic heterocycles. The van der Waals surface area contributed by atoms with Crippen molar-refractivity contribution in [2.75, 3.05) is 6.61 Å². The van der Waals surface area contributed by atoms with Gasteiger partial charge in [0.05, 0.1) is 24.5 Å². The van der Waals surface area contributed by atoms with Crippen molar-refractivity contribution in [1.82, 2.24) is 25.1 Å². The summed E-state index contributed by atoms with van der Waals surface area (Å²) in [6.45, 7) is 2.38. The Labute approximate surface area is 164 Å². The average Bonchev–Trinajstić information content (AvgIpc) is 3.27. The molecule has 0 unspecified atom stereocenters. The van der Waals surface area contributed by atoms with E-state index in [1.165, 1.54) is 4.68 Å². The molecule has 0 saturated heterocycles. The molecule has 0 aliphatic heterocycles. The minimum atomic E-state index is -0.306. The van der Waals surface area contributed by atoms with Crippen LogP contribution in [0.25, 0.3) is 5.82 Å². The van der Waals surface area contributed by atoms with Crippen LogP contribution in [-0.4, -0.2) is 32.3 Å². The van der Waals surface area contributed by atoms with Crippen LogP contribution in [0, 0.1) is 0 Å². The van der Waals surface area contributed by atoms with Crippen molar-refractivity contribution < 1.29 is 9.53 Å². The Bertz CT molecular complexity index is 983. The van der Waals surface area contributed by atoms with E-state index >= 15 is 0 Å². The number of amides is 1. The molecule has 27 heavy (non-hydrogen) atoms. The summed E-state index contributed by atoms with van der Waals surface area (Å²) < 4.78 is 7.87. The van der Waals surface area contributed by atoms with E-state index in [4.69, 9.17) is 4.74 Å². The van der Waals surface area contributed by atoms with Crippen molar-refractivity contribution in [2.24, 2.45) is 0 Å². The molecule has 7 nitrogen and oxygen atoms in total. The molecule has 1 aliphatic rings. The van der Waals surface area contributed by atoms with Crippen molar-refractivity contribution in [1.29, 1.82) is 0 Å². The zero-order chi connectivity index (χ0) is 18.9. The van der Waals surface area contributed by atoms with E-state index in [0.717, 1.165) is 22.9 Å². The number of ether oxygens (including phenoxy) is 1. The van der Waals surface area contributed by atoms with Crippen LogP contribution in [0.4, 0.5) is 0 Å². The summed E-state index contributed by atoms with van der Waals surface area (Å²) in [4.78, 5) is 21.1.